The first kappa shape index (κ1) is 31.2. The van der Waals surface area contributed by atoms with Crippen LogP contribution in [0.5, 0.6) is 0 Å². The van der Waals surface area contributed by atoms with Crippen LogP contribution in [0.4, 0.5) is 31.1 Å². The van der Waals surface area contributed by atoms with Crippen LogP contribution in [0.25, 0.3) is 0 Å². The molecule has 3 aliphatic rings. The lowest BCUT2D eigenvalue weighted by Gasteiger charge is -2.47. The highest BCUT2D eigenvalue weighted by molar-refractivity contribution is 5.86. The molecule has 0 bridgehead atoms. The van der Waals surface area contributed by atoms with Crippen molar-refractivity contribution >= 4 is 11.9 Å². The van der Waals surface area contributed by atoms with E-state index >= 15 is 0 Å². The average Bonchev–Trinajstić information content (AvgIpc) is 3.23. The molecule has 0 aliphatic carbocycles. The van der Waals surface area contributed by atoms with Crippen LogP contribution in [0, 0.1) is 12.3 Å². The number of fused-ring (bicyclic) bond motifs is 1. The molecule has 0 N–H and O–H groups in total. The Hall–Kier alpha value is -3.28. The maximum Gasteiger partial charge on any atom is 0.416 e. The lowest BCUT2D eigenvalue weighted by Crippen LogP contribution is -2.57. The predicted octanol–water partition coefficient (Wildman–Crippen LogP) is 6.52. The Balaban J connectivity index is 1.50. The third-order valence-corrected chi connectivity index (χ3v) is 9.67. The van der Waals surface area contributed by atoms with E-state index in [-0.39, 0.29) is 30.1 Å². The highest BCUT2D eigenvalue weighted by Gasteiger charge is 2.57. The second-order valence-corrected chi connectivity index (χ2v) is 12.3. The second-order valence-electron chi connectivity index (χ2n) is 12.3. The van der Waals surface area contributed by atoms with Gasteiger partial charge in [-0.2, -0.15) is 26.3 Å². The van der Waals surface area contributed by atoms with E-state index < -0.39 is 47.0 Å². The van der Waals surface area contributed by atoms with Gasteiger partial charge in [0.2, 0.25) is 5.91 Å². The Labute approximate surface area is 247 Å². The highest BCUT2D eigenvalue weighted by Crippen LogP contribution is 2.50. The Morgan fingerprint density at radius 2 is 1.53 bits per heavy atom. The maximum absolute atomic E-state index is 14.1. The lowest BCUT2D eigenvalue weighted by atomic mass is 9.75. The number of nitrogens with zero attached hydrogens (tertiary/aromatic N) is 4. The van der Waals surface area contributed by atoms with Gasteiger partial charge in [-0.3, -0.25) is 4.79 Å². The quantitative estimate of drug-likeness (QED) is 0.372. The Kier molecular flexibility index (Phi) is 7.98. The second kappa shape index (κ2) is 11.0. The number of aryl methyl sites for hydroxylation is 1. The predicted molar refractivity (Wildman–Crippen MR) is 148 cm³/mol. The molecular formula is C31H36F6N4O2. The summed E-state index contributed by atoms with van der Waals surface area (Å²) in [6.45, 7) is 5.41. The summed E-state index contributed by atoms with van der Waals surface area (Å²) in [5.74, 6) is 0.0988. The molecule has 0 radical (unpaired) electrons. The van der Waals surface area contributed by atoms with Gasteiger partial charge in [-0.1, -0.05) is 24.3 Å². The van der Waals surface area contributed by atoms with E-state index in [0.717, 1.165) is 37.1 Å². The first-order chi connectivity index (χ1) is 20.0. The number of piperidine rings is 1. The van der Waals surface area contributed by atoms with Crippen LogP contribution in [0.2, 0.25) is 0 Å². The number of carbonyl (C=O) groups excluding carboxylic acids is 2. The normalized spacial score (nSPS) is 23.4. The fourth-order valence-electron chi connectivity index (χ4n) is 6.95. The van der Waals surface area contributed by atoms with Gasteiger partial charge >= 0.3 is 18.4 Å². The molecule has 2 aromatic rings. The smallest absolute Gasteiger partial charge is 0.335 e. The van der Waals surface area contributed by atoms with E-state index in [0.29, 0.717) is 25.1 Å². The van der Waals surface area contributed by atoms with E-state index in [1.165, 1.54) is 18.9 Å². The molecule has 3 aliphatic heterocycles. The first-order valence-electron chi connectivity index (χ1n) is 14.4. The maximum atomic E-state index is 14.1. The van der Waals surface area contributed by atoms with Crippen molar-refractivity contribution in [1.29, 1.82) is 0 Å². The van der Waals surface area contributed by atoms with E-state index in [4.69, 9.17) is 0 Å². The molecule has 6 nitrogen and oxygen atoms in total. The van der Waals surface area contributed by atoms with Gasteiger partial charge in [0.05, 0.1) is 34.7 Å². The first-order valence-corrected chi connectivity index (χ1v) is 14.4. The molecule has 5 rings (SSSR count). The van der Waals surface area contributed by atoms with Crippen LogP contribution in [0.1, 0.15) is 66.1 Å². The van der Waals surface area contributed by atoms with Crippen molar-refractivity contribution in [2.24, 2.45) is 5.41 Å². The lowest BCUT2D eigenvalue weighted by molar-refractivity contribution is -0.143. The third kappa shape index (κ3) is 5.70. The SMILES string of the molecule is Cc1ccccc1[C@H]1[C@@H]2CC3(CCN(C)CC3)C(=O)N2CCN1C(=O)N(C)[C@H](C)c1cc(C(F)(F)F)cc(C(F)(F)F)c1. The van der Waals surface area contributed by atoms with Crippen molar-refractivity contribution in [3.63, 3.8) is 0 Å². The van der Waals surface area contributed by atoms with Crippen molar-refractivity contribution in [3.8, 4) is 0 Å². The Bertz CT molecular complexity index is 1350. The van der Waals surface area contributed by atoms with Crippen molar-refractivity contribution in [3.05, 3.63) is 70.3 Å². The van der Waals surface area contributed by atoms with Gasteiger partial charge in [0.15, 0.2) is 0 Å². The Morgan fingerprint density at radius 3 is 2.09 bits per heavy atom. The molecule has 12 heteroatoms. The average molecular weight is 611 g/mol. The summed E-state index contributed by atoms with van der Waals surface area (Å²) in [6.07, 6.45) is -7.98. The van der Waals surface area contributed by atoms with Gasteiger partial charge in [0, 0.05) is 20.1 Å². The monoisotopic (exact) mass is 610 g/mol. The van der Waals surface area contributed by atoms with Gasteiger partial charge in [0.25, 0.3) is 0 Å². The molecule has 43 heavy (non-hydrogen) atoms. The number of carbonyl (C=O) groups is 2. The molecule has 3 atom stereocenters. The molecule has 3 fully saturated rings. The number of alkyl halides is 6. The molecule has 0 unspecified atom stereocenters. The fourth-order valence-corrected chi connectivity index (χ4v) is 6.95. The van der Waals surface area contributed by atoms with Crippen molar-refractivity contribution in [2.45, 2.75) is 63.6 Å². The molecule has 234 valence electrons. The van der Waals surface area contributed by atoms with Crippen molar-refractivity contribution < 1.29 is 35.9 Å². The summed E-state index contributed by atoms with van der Waals surface area (Å²) < 4.78 is 81.4. The molecule has 3 saturated heterocycles. The van der Waals surface area contributed by atoms with Crippen LogP contribution in [-0.4, -0.2) is 77.9 Å². The van der Waals surface area contributed by atoms with E-state index in [9.17, 15) is 35.9 Å². The van der Waals surface area contributed by atoms with E-state index in [1.54, 1.807) is 4.90 Å². The van der Waals surface area contributed by atoms with Crippen LogP contribution in [0.3, 0.4) is 0 Å². The molecule has 0 saturated carbocycles. The number of piperazine rings is 1. The summed E-state index contributed by atoms with van der Waals surface area (Å²) in [4.78, 5) is 34.9. The summed E-state index contributed by atoms with van der Waals surface area (Å²) in [5, 5.41) is 0. The van der Waals surface area contributed by atoms with E-state index in [1.807, 2.05) is 43.1 Å². The summed E-state index contributed by atoms with van der Waals surface area (Å²) in [5.41, 5.74) is -1.85. The van der Waals surface area contributed by atoms with Gasteiger partial charge in [-0.25, -0.2) is 4.79 Å². The van der Waals surface area contributed by atoms with E-state index in [2.05, 4.69) is 4.90 Å². The summed E-state index contributed by atoms with van der Waals surface area (Å²) in [7, 11) is 3.41. The molecule has 0 aromatic heterocycles. The summed E-state index contributed by atoms with van der Waals surface area (Å²) in [6, 6.07) is 6.55. The zero-order chi connectivity index (χ0) is 31.5. The summed E-state index contributed by atoms with van der Waals surface area (Å²) >= 11 is 0. The molecular weight excluding hydrogens is 574 g/mol. The highest BCUT2D eigenvalue weighted by atomic mass is 19.4. The van der Waals surface area contributed by atoms with Gasteiger partial charge in [0.1, 0.15) is 0 Å². The molecule has 3 amide bonds. The molecule has 3 heterocycles. The minimum absolute atomic E-state index is 0.0848. The minimum Gasteiger partial charge on any atom is -0.335 e. The number of halogens is 6. The van der Waals surface area contributed by atoms with Crippen molar-refractivity contribution in [1.82, 2.24) is 19.6 Å². The third-order valence-electron chi connectivity index (χ3n) is 9.67. The number of likely N-dealkylation sites (tertiary alicyclic amines) is 1. The van der Waals surface area contributed by atoms with Crippen LogP contribution in [-0.2, 0) is 17.1 Å². The zero-order valence-electron chi connectivity index (χ0n) is 24.6. The van der Waals surface area contributed by atoms with Crippen LogP contribution < -0.4 is 0 Å². The number of benzene rings is 2. The number of urea groups is 1. The number of hydrogen-bond acceptors (Lipinski definition) is 3. The fraction of sp³-hybridized carbons (Fsp3) is 0.548. The molecule has 2 aromatic carbocycles. The topological polar surface area (TPSA) is 47.1 Å². The minimum atomic E-state index is -5.00. The number of hydrogen-bond donors (Lipinski definition) is 0. The van der Waals surface area contributed by atoms with Crippen LogP contribution in [0.15, 0.2) is 42.5 Å². The van der Waals surface area contributed by atoms with Gasteiger partial charge < -0.3 is 19.6 Å². The standard InChI is InChI=1S/C31H36F6N4O2/c1-19-7-5-6-8-24(19)26-25-18-29(9-11-38(3)12-10-29)27(42)40(25)13-14-41(26)28(43)39(4)20(2)21-15-22(30(32,33)34)17-23(16-21)31(35,36)37/h5-8,15-17,20,25-26H,9-14,18H2,1-4H3/t20-,25+,26+/m1/s1. The van der Waals surface area contributed by atoms with Gasteiger partial charge in [-0.15, -0.1) is 0 Å². The van der Waals surface area contributed by atoms with Gasteiger partial charge in [-0.05, 0) is 88.1 Å². The van der Waals surface area contributed by atoms with Crippen molar-refractivity contribution in [2.75, 3.05) is 40.3 Å². The Morgan fingerprint density at radius 1 is 0.953 bits per heavy atom. The largest absolute Gasteiger partial charge is 0.416 e. The zero-order valence-corrected chi connectivity index (χ0v) is 24.6. The van der Waals surface area contributed by atoms with Crippen LogP contribution >= 0.6 is 0 Å². The molecule has 1 spiro atoms. The number of rotatable bonds is 3. The number of amides is 3.